The highest BCUT2D eigenvalue weighted by molar-refractivity contribution is 5.85. The molecule has 1 atom stereocenters. The monoisotopic (exact) mass is 447 g/mol. The van der Waals surface area contributed by atoms with Crippen molar-refractivity contribution >= 4 is 17.7 Å². The molecule has 9 heteroatoms. The van der Waals surface area contributed by atoms with Gasteiger partial charge >= 0.3 is 12.1 Å². The molecular weight excluding hydrogens is 424 g/mol. The number of nitrogens with one attached hydrogen (secondary N) is 1. The summed E-state index contributed by atoms with van der Waals surface area (Å²) in [4.78, 5) is 23.9. The highest BCUT2D eigenvalue weighted by atomic mass is 19.1. The van der Waals surface area contributed by atoms with Crippen LogP contribution in [0.15, 0.2) is 67.3 Å². The van der Waals surface area contributed by atoms with Gasteiger partial charge in [-0.1, -0.05) is 30.9 Å². The number of aliphatic hydroxyl groups is 1. The van der Waals surface area contributed by atoms with Crippen molar-refractivity contribution < 1.29 is 37.7 Å². The molecule has 1 amide bonds. The van der Waals surface area contributed by atoms with Crippen molar-refractivity contribution in [2.75, 3.05) is 25.1 Å². The van der Waals surface area contributed by atoms with Crippen molar-refractivity contribution in [3.05, 3.63) is 84.5 Å². The smallest absolute Gasteiger partial charge is 0.412 e. The zero-order valence-electron chi connectivity index (χ0n) is 17.1. The molecule has 0 fully saturated rings. The van der Waals surface area contributed by atoms with E-state index in [1.54, 1.807) is 24.3 Å². The number of esters is 1. The van der Waals surface area contributed by atoms with Gasteiger partial charge in [0.05, 0.1) is 12.3 Å². The fourth-order valence-corrected chi connectivity index (χ4v) is 2.53. The van der Waals surface area contributed by atoms with E-state index in [1.165, 1.54) is 18.2 Å². The molecule has 0 aliphatic rings. The summed E-state index contributed by atoms with van der Waals surface area (Å²) in [6.45, 7) is 3.49. The Bertz CT molecular complexity index is 946. The second-order valence-electron chi connectivity index (χ2n) is 6.34. The molecule has 0 unspecified atom stereocenters. The minimum atomic E-state index is -0.969. The first-order chi connectivity index (χ1) is 15.4. The summed E-state index contributed by atoms with van der Waals surface area (Å²) in [5, 5.41) is 11.1. The Balaban J connectivity index is 2.11. The molecule has 0 radical (unpaired) electrons. The summed E-state index contributed by atoms with van der Waals surface area (Å²) < 4.78 is 42.4. The van der Waals surface area contributed by atoms with Crippen molar-refractivity contribution in [1.82, 2.24) is 0 Å². The third-order valence-electron chi connectivity index (χ3n) is 3.98. The summed E-state index contributed by atoms with van der Waals surface area (Å²) in [6.07, 6.45) is 2.39. The maximum atomic E-state index is 13.8. The van der Waals surface area contributed by atoms with Crippen LogP contribution in [0.3, 0.4) is 0 Å². The van der Waals surface area contributed by atoms with Gasteiger partial charge in [-0.05, 0) is 29.8 Å². The first-order valence-electron chi connectivity index (χ1n) is 9.63. The lowest BCUT2D eigenvalue weighted by atomic mass is 10.1. The van der Waals surface area contributed by atoms with Crippen LogP contribution in [0, 0.1) is 11.6 Å². The Morgan fingerprint density at radius 2 is 1.91 bits per heavy atom. The van der Waals surface area contributed by atoms with Crippen LogP contribution < -0.4 is 10.1 Å². The van der Waals surface area contributed by atoms with Gasteiger partial charge in [-0.3, -0.25) is 5.32 Å². The molecule has 7 nitrogen and oxygen atoms in total. The minimum absolute atomic E-state index is 0.0596. The molecule has 0 aromatic heterocycles. The molecule has 0 saturated carbocycles. The van der Waals surface area contributed by atoms with Gasteiger partial charge in [0.1, 0.15) is 36.7 Å². The van der Waals surface area contributed by atoms with E-state index in [4.69, 9.17) is 19.3 Å². The number of benzene rings is 2. The fraction of sp³-hybridized carbons (Fsp3) is 0.217. The Hall–Kier alpha value is -3.72. The van der Waals surface area contributed by atoms with Gasteiger partial charge in [0.15, 0.2) is 0 Å². The van der Waals surface area contributed by atoms with Gasteiger partial charge in [-0.25, -0.2) is 18.4 Å². The molecule has 0 bridgehead atoms. The Kier molecular flexibility index (Phi) is 9.86. The Labute approximate surface area is 183 Å². The molecule has 0 aliphatic heterocycles. The van der Waals surface area contributed by atoms with Gasteiger partial charge in [0.2, 0.25) is 0 Å². The largest absolute Gasteiger partial charge is 0.491 e. The minimum Gasteiger partial charge on any atom is -0.491 e. The zero-order chi connectivity index (χ0) is 23.3. The lowest BCUT2D eigenvalue weighted by Crippen LogP contribution is -2.18. The van der Waals surface area contributed by atoms with E-state index < -0.39 is 29.8 Å². The maximum absolute atomic E-state index is 13.8. The number of carbonyl (C=O) groups is 2. The van der Waals surface area contributed by atoms with Crippen LogP contribution in [0.4, 0.5) is 19.3 Å². The van der Waals surface area contributed by atoms with E-state index in [9.17, 15) is 18.4 Å². The lowest BCUT2D eigenvalue weighted by Gasteiger charge is -2.18. The van der Waals surface area contributed by atoms with Crippen molar-refractivity contribution in [3.8, 4) is 5.75 Å². The number of ether oxygens (including phenoxy) is 3. The molecule has 0 aliphatic carbocycles. The number of carbonyl (C=O) groups excluding carboxylic acids is 2. The number of anilines is 1. The lowest BCUT2D eigenvalue weighted by molar-refractivity contribution is -0.136. The molecule has 0 saturated heterocycles. The number of aliphatic hydroxyl groups excluding tert-OH is 1. The van der Waals surface area contributed by atoms with Crippen LogP contribution in [0.5, 0.6) is 5.75 Å². The van der Waals surface area contributed by atoms with Gasteiger partial charge in [0.25, 0.3) is 0 Å². The van der Waals surface area contributed by atoms with Crippen LogP contribution in [-0.4, -0.2) is 37.0 Å². The molecule has 0 heterocycles. The molecule has 0 spiro atoms. The average Bonchev–Trinajstić information content (AvgIpc) is 2.78. The van der Waals surface area contributed by atoms with Crippen LogP contribution in [-0.2, 0) is 14.3 Å². The Morgan fingerprint density at radius 1 is 1.16 bits per heavy atom. The second-order valence-corrected chi connectivity index (χ2v) is 6.34. The average molecular weight is 447 g/mol. The quantitative estimate of drug-likeness (QED) is 0.303. The third kappa shape index (κ3) is 8.19. The van der Waals surface area contributed by atoms with Crippen molar-refractivity contribution in [2.45, 2.75) is 12.5 Å². The number of amides is 1. The summed E-state index contributed by atoms with van der Waals surface area (Å²) in [7, 11) is 0. The van der Waals surface area contributed by atoms with E-state index in [1.807, 2.05) is 0 Å². The van der Waals surface area contributed by atoms with Gasteiger partial charge in [0, 0.05) is 18.6 Å². The number of hydrogen-bond acceptors (Lipinski definition) is 6. The summed E-state index contributed by atoms with van der Waals surface area (Å²) >= 11 is 0. The molecule has 170 valence electrons. The highest BCUT2D eigenvalue weighted by Gasteiger charge is 2.18. The van der Waals surface area contributed by atoms with Gasteiger partial charge in [-0.2, -0.15) is 0 Å². The summed E-state index contributed by atoms with van der Waals surface area (Å²) in [5.41, 5.74) is 0.326. The second kappa shape index (κ2) is 12.9. The maximum Gasteiger partial charge on any atom is 0.412 e. The van der Waals surface area contributed by atoms with E-state index in [0.717, 1.165) is 12.1 Å². The number of hydrogen-bond donors (Lipinski definition) is 2. The van der Waals surface area contributed by atoms with Crippen molar-refractivity contribution in [1.29, 1.82) is 0 Å². The van der Waals surface area contributed by atoms with Crippen LogP contribution >= 0.6 is 0 Å². The Morgan fingerprint density at radius 3 is 2.56 bits per heavy atom. The summed E-state index contributed by atoms with van der Waals surface area (Å²) in [6, 6.07) is 9.25. The number of rotatable bonds is 11. The first-order valence-corrected chi connectivity index (χ1v) is 9.63. The molecule has 2 N–H and O–H groups in total. The van der Waals surface area contributed by atoms with Crippen molar-refractivity contribution in [3.63, 3.8) is 0 Å². The standard InChI is InChI=1S/C23H23F2NO6/c1-2-13-31-22(28)5-3-4-21(16-6-9-18(10-7-16)30-14-12-27)32-23(29)26-20-11-8-17(24)15-19(20)25/h2-3,5-11,15,21,27H,1,4,12-14H2,(H,26,29)/b5-3+/t21-/m1/s1. The summed E-state index contributed by atoms with van der Waals surface area (Å²) in [5.74, 6) is -1.82. The van der Waals surface area contributed by atoms with Crippen LogP contribution in [0.25, 0.3) is 0 Å². The van der Waals surface area contributed by atoms with E-state index in [-0.39, 0.29) is 31.9 Å². The van der Waals surface area contributed by atoms with E-state index in [0.29, 0.717) is 17.4 Å². The topological polar surface area (TPSA) is 94.1 Å². The molecule has 2 rings (SSSR count). The van der Waals surface area contributed by atoms with E-state index in [2.05, 4.69) is 11.9 Å². The van der Waals surface area contributed by atoms with Gasteiger partial charge < -0.3 is 19.3 Å². The predicted molar refractivity (Wildman–Crippen MR) is 113 cm³/mol. The molecule has 2 aromatic rings. The highest BCUT2D eigenvalue weighted by Crippen LogP contribution is 2.25. The third-order valence-corrected chi connectivity index (χ3v) is 3.98. The van der Waals surface area contributed by atoms with Crippen LogP contribution in [0.2, 0.25) is 0 Å². The first kappa shape index (κ1) is 24.5. The molecular formula is C23H23F2NO6. The normalized spacial score (nSPS) is 11.6. The van der Waals surface area contributed by atoms with E-state index >= 15 is 0 Å². The SMILES string of the molecule is C=CCOC(=O)/C=C/C[C@@H](OC(=O)Nc1ccc(F)cc1F)c1ccc(OCCO)cc1. The molecule has 32 heavy (non-hydrogen) atoms. The van der Waals surface area contributed by atoms with Gasteiger partial charge in [-0.15, -0.1) is 0 Å². The fourth-order valence-electron chi connectivity index (χ4n) is 2.53. The zero-order valence-corrected chi connectivity index (χ0v) is 17.1. The van der Waals surface area contributed by atoms with Crippen molar-refractivity contribution in [2.24, 2.45) is 0 Å². The van der Waals surface area contributed by atoms with Crippen LogP contribution in [0.1, 0.15) is 18.1 Å². The number of halogens is 2. The molecule has 2 aromatic carbocycles. The predicted octanol–water partition coefficient (Wildman–Crippen LogP) is 4.30.